The fourth-order valence-electron chi connectivity index (χ4n) is 2.13. The molecule has 0 heterocycles. The number of alkyl halides is 3. The van der Waals surface area contributed by atoms with Crippen molar-refractivity contribution in [2.75, 3.05) is 0 Å². The Labute approximate surface area is 104 Å². The lowest BCUT2D eigenvalue weighted by atomic mass is 9.88. The van der Waals surface area contributed by atoms with E-state index < -0.39 is 11.7 Å². The lowest BCUT2D eigenvalue weighted by Gasteiger charge is -2.34. The van der Waals surface area contributed by atoms with Crippen LogP contribution in [0.4, 0.5) is 13.2 Å². The summed E-state index contributed by atoms with van der Waals surface area (Å²) in [7, 11) is 0. The van der Waals surface area contributed by atoms with Gasteiger partial charge in [-0.25, -0.2) is 0 Å². The van der Waals surface area contributed by atoms with Crippen molar-refractivity contribution < 1.29 is 18.3 Å². The van der Waals surface area contributed by atoms with Crippen LogP contribution in [0.2, 0.25) is 0 Å². The largest absolute Gasteiger partial charge is 0.416 e. The van der Waals surface area contributed by atoms with Crippen LogP contribution in [-0.4, -0.2) is 17.3 Å². The maximum Gasteiger partial charge on any atom is 0.416 e. The van der Waals surface area contributed by atoms with Crippen LogP contribution in [0.3, 0.4) is 0 Å². The van der Waals surface area contributed by atoms with Crippen LogP contribution in [-0.2, 0) is 6.18 Å². The molecule has 2 N–H and O–H groups in total. The summed E-state index contributed by atoms with van der Waals surface area (Å²) < 4.78 is 37.2. The van der Waals surface area contributed by atoms with Gasteiger partial charge in [0.2, 0.25) is 0 Å². The van der Waals surface area contributed by atoms with Crippen molar-refractivity contribution in [2.24, 2.45) is 0 Å². The highest BCUT2D eigenvalue weighted by Gasteiger charge is 2.31. The number of halogens is 3. The van der Waals surface area contributed by atoms with Crippen LogP contribution < -0.4 is 5.32 Å². The minimum absolute atomic E-state index is 0.00946. The molecule has 0 amide bonds. The monoisotopic (exact) mass is 259 g/mol. The highest BCUT2D eigenvalue weighted by molar-refractivity contribution is 5.26. The summed E-state index contributed by atoms with van der Waals surface area (Å²) in [5, 5.41) is 12.4. The van der Waals surface area contributed by atoms with Crippen molar-refractivity contribution >= 4 is 0 Å². The Bertz CT molecular complexity index is 396. The fourth-order valence-corrected chi connectivity index (χ4v) is 2.13. The molecule has 0 saturated heterocycles. The predicted octanol–water partition coefficient (Wildman–Crippen LogP) is 2.88. The molecular formula is C13H16F3NO. The molecule has 1 fully saturated rings. The van der Waals surface area contributed by atoms with E-state index in [0.717, 1.165) is 17.7 Å². The van der Waals surface area contributed by atoms with E-state index in [-0.39, 0.29) is 18.2 Å². The number of aliphatic hydroxyl groups excluding tert-OH is 1. The number of aliphatic hydroxyl groups is 1. The van der Waals surface area contributed by atoms with Crippen LogP contribution in [0.15, 0.2) is 24.3 Å². The molecule has 2 nitrogen and oxygen atoms in total. The molecular weight excluding hydrogens is 243 g/mol. The third-order valence-corrected chi connectivity index (χ3v) is 3.34. The maximum atomic E-state index is 12.4. The summed E-state index contributed by atoms with van der Waals surface area (Å²) in [4.78, 5) is 0. The van der Waals surface area contributed by atoms with E-state index in [1.54, 1.807) is 0 Å². The topological polar surface area (TPSA) is 32.3 Å². The summed E-state index contributed by atoms with van der Waals surface area (Å²) in [6.07, 6.45) is -3.09. The van der Waals surface area contributed by atoms with Gasteiger partial charge >= 0.3 is 6.18 Å². The van der Waals surface area contributed by atoms with Gasteiger partial charge in [-0.2, -0.15) is 13.2 Å². The standard InChI is InChI=1S/C13H16F3NO/c1-8(17-11-6-12(18)7-11)9-2-4-10(5-3-9)13(14,15)16/h2-5,8,11-12,17-18H,6-7H2,1H3. The molecule has 0 aliphatic heterocycles. The summed E-state index contributed by atoms with van der Waals surface area (Å²) in [5.41, 5.74) is 0.196. The molecule has 5 heteroatoms. The molecule has 0 spiro atoms. The number of nitrogens with one attached hydrogen (secondary N) is 1. The Balaban J connectivity index is 1.96. The third-order valence-electron chi connectivity index (χ3n) is 3.34. The maximum absolute atomic E-state index is 12.4. The van der Waals surface area contributed by atoms with Crippen LogP contribution >= 0.6 is 0 Å². The highest BCUT2D eigenvalue weighted by Crippen LogP contribution is 2.30. The smallest absolute Gasteiger partial charge is 0.393 e. The van der Waals surface area contributed by atoms with E-state index in [4.69, 9.17) is 5.11 Å². The first kappa shape index (κ1) is 13.4. The summed E-state index contributed by atoms with van der Waals surface area (Å²) >= 11 is 0. The van der Waals surface area contributed by atoms with Gasteiger partial charge in [0.05, 0.1) is 11.7 Å². The van der Waals surface area contributed by atoms with E-state index in [1.807, 2.05) is 6.92 Å². The van der Waals surface area contributed by atoms with Crippen LogP contribution in [0.1, 0.15) is 36.9 Å². The third kappa shape index (κ3) is 3.03. The van der Waals surface area contributed by atoms with Crippen molar-refractivity contribution in [3.8, 4) is 0 Å². The lowest BCUT2D eigenvalue weighted by Crippen LogP contribution is -2.45. The van der Waals surface area contributed by atoms with Crippen molar-refractivity contribution in [3.63, 3.8) is 0 Å². The minimum atomic E-state index is -4.28. The van der Waals surface area contributed by atoms with Gasteiger partial charge in [-0.3, -0.25) is 0 Å². The molecule has 1 aromatic carbocycles. The zero-order chi connectivity index (χ0) is 13.3. The Hall–Kier alpha value is -1.07. The minimum Gasteiger partial charge on any atom is -0.393 e. The highest BCUT2D eigenvalue weighted by atomic mass is 19.4. The van der Waals surface area contributed by atoms with E-state index in [0.29, 0.717) is 12.8 Å². The molecule has 18 heavy (non-hydrogen) atoms. The van der Waals surface area contributed by atoms with Gasteiger partial charge in [0, 0.05) is 12.1 Å². The number of benzene rings is 1. The van der Waals surface area contributed by atoms with Crippen LogP contribution in [0, 0.1) is 0 Å². The Morgan fingerprint density at radius 1 is 1.22 bits per heavy atom. The van der Waals surface area contributed by atoms with Gasteiger partial charge in [0.15, 0.2) is 0 Å². The second-order valence-corrected chi connectivity index (χ2v) is 4.83. The molecule has 0 radical (unpaired) electrons. The van der Waals surface area contributed by atoms with Crippen LogP contribution in [0.5, 0.6) is 0 Å². The van der Waals surface area contributed by atoms with Crippen molar-refractivity contribution in [1.82, 2.24) is 5.32 Å². The number of rotatable bonds is 3. The van der Waals surface area contributed by atoms with E-state index in [1.165, 1.54) is 12.1 Å². The molecule has 0 aromatic heterocycles. The average molecular weight is 259 g/mol. The summed E-state index contributed by atoms with van der Waals surface area (Å²) in [6, 6.07) is 5.44. The first-order valence-electron chi connectivity index (χ1n) is 5.97. The SMILES string of the molecule is CC(NC1CC(O)C1)c1ccc(C(F)(F)F)cc1. The molecule has 1 aliphatic carbocycles. The lowest BCUT2D eigenvalue weighted by molar-refractivity contribution is -0.137. The Morgan fingerprint density at radius 3 is 2.22 bits per heavy atom. The van der Waals surface area contributed by atoms with Crippen molar-refractivity contribution in [3.05, 3.63) is 35.4 Å². The van der Waals surface area contributed by atoms with Gasteiger partial charge in [0.25, 0.3) is 0 Å². The molecule has 1 atom stereocenters. The summed E-state index contributed by atoms with van der Waals surface area (Å²) in [6.45, 7) is 1.91. The van der Waals surface area contributed by atoms with Crippen molar-refractivity contribution in [1.29, 1.82) is 0 Å². The molecule has 100 valence electrons. The van der Waals surface area contributed by atoms with Crippen LogP contribution in [0.25, 0.3) is 0 Å². The summed E-state index contributed by atoms with van der Waals surface area (Å²) in [5.74, 6) is 0. The Kier molecular flexibility index (Phi) is 3.64. The van der Waals surface area contributed by atoms with E-state index in [2.05, 4.69) is 5.32 Å². The molecule has 0 bridgehead atoms. The molecule has 1 aliphatic rings. The van der Waals surface area contributed by atoms with Gasteiger partial charge in [-0.05, 0) is 37.5 Å². The molecule has 1 aromatic rings. The van der Waals surface area contributed by atoms with Gasteiger partial charge in [-0.1, -0.05) is 12.1 Å². The van der Waals surface area contributed by atoms with Gasteiger partial charge in [-0.15, -0.1) is 0 Å². The second kappa shape index (κ2) is 4.90. The van der Waals surface area contributed by atoms with Gasteiger partial charge in [0.1, 0.15) is 0 Å². The zero-order valence-electron chi connectivity index (χ0n) is 10.0. The number of hydrogen-bond acceptors (Lipinski definition) is 2. The van der Waals surface area contributed by atoms with E-state index in [9.17, 15) is 13.2 Å². The Morgan fingerprint density at radius 2 is 1.78 bits per heavy atom. The normalized spacial score (nSPS) is 25.6. The van der Waals surface area contributed by atoms with E-state index >= 15 is 0 Å². The first-order chi connectivity index (χ1) is 8.36. The zero-order valence-corrected chi connectivity index (χ0v) is 10.0. The molecule has 1 unspecified atom stereocenters. The average Bonchev–Trinajstić information content (AvgIpc) is 2.26. The fraction of sp³-hybridized carbons (Fsp3) is 0.538. The predicted molar refractivity (Wildman–Crippen MR) is 62.0 cm³/mol. The molecule has 2 rings (SSSR count). The first-order valence-corrected chi connectivity index (χ1v) is 5.97. The molecule has 1 saturated carbocycles. The van der Waals surface area contributed by atoms with Gasteiger partial charge < -0.3 is 10.4 Å². The second-order valence-electron chi connectivity index (χ2n) is 4.83. The number of hydrogen-bond donors (Lipinski definition) is 2. The van der Waals surface area contributed by atoms with Crippen molar-refractivity contribution in [2.45, 2.75) is 44.1 Å². The quantitative estimate of drug-likeness (QED) is 0.874.